The Bertz CT molecular complexity index is 313. The summed E-state index contributed by atoms with van der Waals surface area (Å²) in [6.07, 6.45) is 0.930. The summed E-state index contributed by atoms with van der Waals surface area (Å²) in [5, 5.41) is 11.5. The van der Waals surface area contributed by atoms with Gasteiger partial charge in [0.25, 0.3) is 0 Å². The van der Waals surface area contributed by atoms with E-state index in [0.29, 0.717) is 12.6 Å². The first-order chi connectivity index (χ1) is 7.43. The average molecular weight is 222 g/mol. The molecule has 0 aliphatic rings. The van der Waals surface area contributed by atoms with E-state index in [1.54, 1.807) is 0 Å². The smallest absolute Gasteiger partial charge is 0.148 e. The van der Waals surface area contributed by atoms with Crippen LogP contribution in [0.3, 0.4) is 0 Å². The molecular weight excluding hydrogens is 200 g/mol. The maximum absolute atomic E-state index is 5.63. The molecule has 0 aliphatic carbocycles. The Morgan fingerprint density at radius 3 is 2.44 bits per heavy atom. The van der Waals surface area contributed by atoms with Gasteiger partial charge in [-0.15, -0.1) is 5.10 Å². The number of rotatable bonds is 4. The lowest BCUT2D eigenvalue weighted by atomic mass is 9.85. The number of hydrogen-bond acceptors (Lipinski definition) is 4. The van der Waals surface area contributed by atoms with Crippen molar-refractivity contribution >= 4 is 5.82 Å². The van der Waals surface area contributed by atoms with E-state index in [2.05, 4.69) is 36.3 Å². The quantitative estimate of drug-likeness (QED) is 0.817. The number of aromatic nitrogens is 2. The molecule has 1 aromatic heterocycles. The van der Waals surface area contributed by atoms with E-state index in [4.69, 9.17) is 5.73 Å². The van der Waals surface area contributed by atoms with Crippen molar-refractivity contribution in [2.24, 2.45) is 11.1 Å². The summed E-state index contributed by atoms with van der Waals surface area (Å²) < 4.78 is 0. The lowest BCUT2D eigenvalue weighted by Crippen LogP contribution is -2.36. The van der Waals surface area contributed by atoms with Crippen molar-refractivity contribution in [3.63, 3.8) is 0 Å². The van der Waals surface area contributed by atoms with Crippen LogP contribution in [-0.4, -0.2) is 22.8 Å². The zero-order valence-corrected chi connectivity index (χ0v) is 10.6. The van der Waals surface area contributed by atoms with Crippen LogP contribution in [0.1, 0.15) is 32.9 Å². The van der Waals surface area contributed by atoms with Gasteiger partial charge in [-0.1, -0.05) is 20.8 Å². The van der Waals surface area contributed by atoms with Gasteiger partial charge >= 0.3 is 0 Å². The van der Waals surface area contributed by atoms with Crippen LogP contribution in [0.5, 0.6) is 0 Å². The van der Waals surface area contributed by atoms with Crippen LogP contribution in [0.25, 0.3) is 0 Å². The highest BCUT2D eigenvalue weighted by molar-refractivity contribution is 5.34. The Labute approximate surface area is 97.6 Å². The summed E-state index contributed by atoms with van der Waals surface area (Å²) >= 11 is 0. The van der Waals surface area contributed by atoms with Crippen LogP contribution >= 0.6 is 0 Å². The van der Waals surface area contributed by atoms with Crippen LogP contribution in [0.4, 0.5) is 5.82 Å². The minimum Gasteiger partial charge on any atom is -0.365 e. The molecule has 0 radical (unpaired) electrons. The summed E-state index contributed by atoms with van der Waals surface area (Å²) in [7, 11) is 0. The van der Waals surface area contributed by atoms with E-state index in [1.165, 1.54) is 0 Å². The molecule has 0 amide bonds. The van der Waals surface area contributed by atoms with Gasteiger partial charge in [0.05, 0.1) is 5.69 Å². The summed E-state index contributed by atoms with van der Waals surface area (Å²) in [5.41, 5.74) is 6.71. The topological polar surface area (TPSA) is 63.8 Å². The van der Waals surface area contributed by atoms with Gasteiger partial charge in [-0.05, 0) is 37.4 Å². The molecule has 4 heteroatoms. The van der Waals surface area contributed by atoms with Gasteiger partial charge < -0.3 is 11.1 Å². The van der Waals surface area contributed by atoms with Crippen molar-refractivity contribution in [3.05, 3.63) is 17.8 Å². The molecule has 1 heterocycles. The van der Waals surface area contributed by atoms with E-state index in [9.17, 15) is 0 Å². The Kier molecular flexibility index (Phi) is 4.24. The van der Waals surface area contributed by atoms with E-state index in [-0.39, 0.29) is 5.41 Å². The van der Waals surface area contributed by atoms with E-state index in [1.807, 2.05) is 19.1 Å². The fraction of sp³-hybridized carbons (Fsp3) is 0.667. The maximum Gasteiger partial charge on any atom is 0.148 e. The van der Waals surface area contributed by atoms with Gasteiger partial charge in [0.1, 0.15) is 5.82 Å². The monoisotopic (exact) mass is 222 g/mol. The van der Waals surface area contributed by atoms with Gasteiger partial charge in [0, 0.05) is 6.04 Å². The first-order valence-electron chi connectivity index (χ1n) is 5.70. The van der Waals surface area contributed by atoms with Crippen LogP contribution in [0.2, 0.25) is 0 Å². The van der Waals surface area contributed by atoms with Gasteiger partial charge in [-0.2, -0.15) is 5.10 Å². The van der Waals surface area contributed by atoms with Crippen LogP contribution in [0.15, 0.2) is 12.1 Å². The molecule has 0 saturated heterocycles. The normalized spacial score (nSPS) is 13.6. The van der Waals surface area contributed by atoms with Crippen LogP contribution in [-0.2, 0) is 0 Å². The lowest BCUT2D eigenvalue weighted by molar-refractivity contribution is 0.328. The molecule has 90 valence electrons. The summed E-state index contributed by atoms with van der Waals surface area (Å²) in [6, 6.07) is 4.23. The SMILES string of the molecule is Cc1ccc(NC(CCN)C(C)(C)C)nn1. The molecule has 3 N–H and O–H groups in total. The lowest BCUT2D eigenvalue weighted by Gasteiger charge is -2.31. The summed E-state index contributed by atoms with van der Waals surface area (Å²) in [5.74, 6) is 0.818. The third kappa shape index (κ3) is 3.77. The van der Waals surface area contributed by atoms with E-state index in [0.717, 1.165) is 17.9 Å². The highest BCUT2D eigenvalue weighted by atomic mass is 15.2. The largest absolute Gasteiger partial charge is 0.365 e. The highest BCUT2D eigenvalue weighted by Crippen LogP contribution is 2.24. The predicted octanol–water partition coefficient (Wildman–Crippen LogP) is 1.96. The molecule has 1 atom stereocenters. The minimum absolute atomic E-state index is 0.159. The van der Waals surface area contributed by atoms with E-state index >= 15 is 0 Å². The molecule has 1 unspecified atom stereocenters. The summed E-state index contributed by atoms with van der Waals surface area (Å²) in [6.45, 7) is 9.19. The molecule has 0 aromatic carbocycles. The van der Waals surface area contributed by atoms with Gasteiger partial charge in [-0.3, -0.25) is 0 Å². The first-order valence-corrected chi connectivity index (χ1v) is 5.70. The molecule has 1 aromatic rings. The maximum atomic E-state index is 5.63. The molecule has 4 nitrogen and oxygen atoms in total. The van der Waals surface area contributed by atoms with Crippen molar-refractivity contribution in [2.45, 2.75) is 40.2 Å². The first kappa shape index (κ1) is 12.9. The Hall–Kier alpha value is -1.16. The Morgan fingerprint density at radius 2 is 2.00 bits per heavy atom. The minimum atomic E-state index is 0.159. The Morgan fingerprint density at radius 1 is 1.31 bits per heavy atom. The average Bonchev–Trinajstić information content (AvgIpc) is 2.19. The molecule has 0 aliphatic heterocycles. The number of nitrogens with two attached hydrogens (primary N) is 1. The van der Waals surface area contributed by atoms with Crippen molar-refractivity contribution in [2.75, 3.05) is 11.9 Å². The number of nitrogens with zero attached hydrogens (tertiary/aromatic N) is 2. The van der Waals surface area contributed by atoms with Crippen molar-refractivity contribution in [3.8, 4) is 0 Å². The van der Waals surface area contributed by atoms with Crippen molar-refractivity contribution in [1.82, 2.24) is 10.2 Å². The molecular formula is C12H22N4. The van der Waals surface area contributed by atoms with Crippen LogP contribution < -0.4 is 11.1 Å². The fourth-order valence-electron chi connectivity index (χ4n) is 1.54. The van der Waals surface area contributed by atoms with Gasteiger partial charge in [0.2, 0.25) is 0 Å². The third-order valence-electron chi connectivity index (χ3n) is 2.62. The zero-order chi connectivity index (χ0) is 12.2. The number of hydrogen-bond donors (Lipinski definition) is 2. The molecule has 16 heavy (non-hydrogen) atoms. The molecule has 1 rings (SSSR count). The second-order valence-electron chi connectivity index (χ2n) is 5.20. The second-order valence-corrected chi connectivity index (χ2v) is 5.20. The Balaban J connectivity index is 2.72. The standard InChI is InChI=1S/C12H22N4/c1-9-5-6-11(16-15-9)14-10(7-8-13)12(2,3)4/h5-6,10H,7-8,13H2,1-4H3,(H,14,16). The van der Waals surface area contributed by atoms with Crippen molar-refractivity contribution < 1.29 is 0 Å². The fourth-order valence-corrected chi connectivity index (χ4v) is 1.54. The molecule has 0 fully saturated rings. The zero-order valence-electron chi connectivity index (χ0n) is 10.6. The number of nitrogens with one attached hydrogen (secondary N) is 1. The van der Waals surface area contributed by atoms with Crippen molar-refractivity contribution in [1.29, 1.82) is 0 Å². The number of anilines is 1. The van der Waals surface area contributed by atoms with Gasteiger partial charge in [0.15, 0.2) is 0 Å². The van der Waals surface area contributed by atoms with E-state index < -0.39 is 0 Å². The number of aryl methyl sites for hydroxylation is 1. The highest BCUT2D eigenvalue weighted by Gasteiger charge is 2.23. The van der Waals surface area contributed by atoms with Crippen LogP contribution in [0, 0.1) is 12.3 Å². The molecule has 0 saturated carbocycles. The predicted molar refractivity (Wildman–Crippen MR) is 67.3 cm³/mol. The second kappa shape index (κ2) is 5.25. The summed E-state index contributed by atoms with van der Waals surface area (Å²) in [4.78, 5) is 0. The molecule has 0 bridgehead atoms. The third-order valence-corrected chi connectivity index (χ3v) is 2.62. The molecule has 0 spiro atoms. The van der Waals surface area contributed by atoms with Gasteiger partial charge in [-0.25, -0.2) is 0 Å².